The van der Waals surface area contributed by atoms with Crippen LogP contribution < -0.4 is 11.2 Å². The van der Waals surface area contributed by atoms with E-state index in [1.165, 1.54) is 47.1 Å². The van der Waals surface area contributed by atoms with Crippen molar-refractivity contribution in [3.8, 4) is 22.8 Å². The van der Waals surface area contributed by atoms with Crippen LogP contribution in [0.3, 0.4) is 0 Å². The number of aromatic amines is 1. The number of H-pyrrole nitrogens is 1. The van der Waals surface area contributed by atoms with Crippen molar-refractivity contribution in [2.75, 3.05) is 0 Å². The molecule has 12 atom stereocenters. The molecule has 10 heterocycles. The van der Waals surface area contributed by atoms with E-state index in [0.29, 0.717) is 81.0 Å². The Hall–Kier alpha value is -7.78. The highest BCUT2D eigenvalue weighted by atomic mass is 35.5. The van der Waals surface area contributed by atoms with Gasteiger partial charge in [-0.1, -0.05) is 104 Å². The minimum Gasteiger partial charge on any atom is -0.399 e. The third-order valence-corrected chi connectivity index (χ3v) is 26.5. The van der Waals surface area contributed by atoms with Crippen LogP contribution in [0.5, 0.6) is 0 Å². The van der Waals surface area contributed by atoms with Gasteiger partial charge in [-0.15, -0.1) is 0 Å². The summed E-state index contributed by atoms with van der Waals surface area (Å²) in [6.07, 6.45) is 15.0. The van der Waals surface area contributed by atoms with Crippen molar-refractivity contribution in [1.29, 1.82) is 0 Å². The lowest BCUT2D eigenvalue weighted by atomic mass is 9.79. The molecule has 0 unspecified atom stereocenters. The predicted molar refractivity (Wildman–Crippen MR) is 449 cm³/mol. The van der Waals surface area contributed by atoms with E-state index in [1.807, 2.05) is 41.5 Å². The Morgan fingerprint density at radius 2 is 0.866 bits per heavy atom. The molecular formula is C82H99BCl4F3N13O14S2. The van der Waals surface area contributed by atoms with Gasteiger partial charge in [0.05, 0.1) is 121 Å². The van der Waals surface area contributed by atoms with Crippen molar-refractivity contribution < 1.29 is 80.2 Å². The van der Waals surface area contributed by atoms with Crippen molar-refractivity contribution in [1.82, 2.24) is 57.8 Å². The number of hydrogen-bond donors (Lipinski definition) is 10. The lowest BCUT2D eigenvalue weighted by molar-refractivity contribution is -0.0447. The molecule has 9 aromatic heterocycles. The standard InChI is InChI=1S/C25H24ClFN4O4S.C20H22BClN2O4S.C18H18ClFN4O2.C11H14ClFN2O2.C6H13NO2.2CH4/c1-14-5-7-17(8-6-14)36(34,35)31-13-19(18-10-16(26)11-29-25(18)31)24-28-12-20(27)21(30-24)9-15-3-2-4-22(32)23(15)33;1-13-6-8-15(9-7-13)29(25,26)24-12-17(16-10-14(22)11-23-18(16)24)21-27-19(2,3)20(4,5)28-21;19-10-5-11-12(7-22-17(11)21-6-10)18-23-8-13(20)14(24-18)4-9-2-1-3-15(25)16(9)26;12-11-14-5-7(13)8(15-11)4-6-2-1-3-9(16)10(6)17;7-4-2-1-3-5(8)6(4)9;;/h5-8,10-13,15,22-23,32-33H,2-4,9H2,1H3;6-12H,1-5H3;5-9,15-16,25-26H,1-4H2,(H,21,22);5-6,9-10,16-17H,1-4H2;4-6,8-9H,1-3,7H2;2*1H4/t15-,22+,23+;;9-,15+,16+;6-,9+,10+;4-,5-,6-;;/m1.110../s1. The number of halogens is 7. The summed E-state index contributed by atoms with van der Waals surface area (Å²) in [5.41, 5.74) is 9.37. The van der Waals surface area contributed by atoms with E-state index >= 15 is 0 Å². The van der Waals surface area contributed by atoms with Gasteiger partial charge < -0.3 is 60.9 Å². The van der Waals surface area contributed by atoms with Gasteiger partial charge in [-0.05, 0) is 190 Å². The van der Waals surface area contributed by atoms with Gasteiger partial charge in [-0.3, -0.25) is 0 Å². The molecule has 11 N–H and O–H groups in total. The average Bonchev–Trinajstić information content (AvgIpc) is 1.59. The van der Waals surface area contributed by atoms with E-state index in [0.717, 1.165) is 84.0 Å². The third kappa shape index (κ3) is 21.3. The van der Waals surface area contributed by atoms with Gasteiger partial charge in [0.25, 0.3) is 20.0 Å². The number of nitrogens with zero attached hydrogens (tertiary/aromatic N) is 11. The fourth-order valence-corrected chi connectivity index (χ4v) is 18.1. The zero-order chi connectivity index (χ0) is 84.3. The SMILES string of the molecule is C.C.Cc1ccc(S(=O)(=O)n2cc(-c3ncc(F)c(C[C@H]4CCC[C@H](O)[C@H]4O)n3)c3cc(Cl)cnc32)cc1.Cc1ccc(S(=O)(=O)n2cc(B3OC(C)(C)C(C)(C)O3)c3cc(Cl)cnc32)cc1.N[C@H]1CCC[C@H](O)[C@H]1O.O[C@H]1[C@@H](Cc2nc(-c3c[nH]c4ncc(Cl)cc34)ncc2F)CCC[C@@H]1O.O[C@H]1[C@@H](Cc2nc(Cl)ncc2F)CCC[C@@H]1O. The van der Waals surface area contributed by atoms with E-state index in [9.17, 15) is 60.6 Å². The number of fused-ring (bicyclic) bond motifs is 3. The van der Waals surface area contributed by atoms with Crippen molar-refractivity contribution >= 4 is 112 Å². The zero-order valence-corrected chi connectivity index (χ0v) is 69.3. The monoisotopic (exact) mass is 1760 g/mol. The number of pyridine rings is 3. The van der Waals surface area contributed by atoms with Gasteiger partial charge in [0.2, 0.25) is 5.28 Å². The molecule has 1 saturated heterocycles. The molecule has 4 aliphatic carbocycles. The number of aromatic nitrogens is 12. The van der Waals surface area contributed by atoms with Crippen molar-refractivity contribution in [3.05, 3.63) is 189 Å². The first-order valence-corrected chi connectivity index (χ1v) is 42.6. The quantitative estimate of drug-likeness (QED) is 0.0378. The lowest BCUT2D eigenvalue weighted by Gasteiger charge is -2.32. The summed E-state index contributed by atoms with van der Waals surface area (Å²) in [6.45, 7) is 11.5. The number of hydrogen-bond acceptors (Lipinski definition) is 24. The van der Waals surface area contributed by atoms with E-state index in [-0.39, 0.29) is 112 Å². The Morgan fingerprint density at radius 1 is 0.487 bits per heavy atom. The zero-order valence-electron chi connectivity index (χ0n) is 64.6. The molecule has 37 heteroatoms. The minimum absolute atomic E-state index is 0. The van der Waals surface area contributed by atoms with Crippen molar-refractivity contribution in [2.45, 2.75) is 229 Å². The van der Waals surface area contributed by atoms with E-state index in [2.05, 4.69) is 49.8 Å². The lowest BCUT2D eigenvalue weighted by Crippen LogP contribution is -2.46. The fraction of sp³-hybridized carbons (Fsp3) is 0.451. The van der Waals surface area contributed by atoms with E-state index in [4.69, 9.17) is 71.7 Å². The van der Waals surface area contributed by atoms with Crippen LogP contribution in [0, 0.1) is 49.1 Å². The molecule has 640 valence electrons. The molecule has 4 saturated carbocycles. The van der Waals surface area contributed by atoms with Gasteiger partial charge in [-0.2, -0.15) is 0 Å². The molecule has 0 bridgehead atoms. The first kappa shape index (κ1) is 93.5. The van der Waals surface area contributed by atoms with Gasteiger partial charge >= 0.3 is 7.12 Å². The molecule has 11 aromatic rings. The highest BCUT2D eigenvalue weighted by Crippen LogP contribution is 2.40. The number of benzene rings is 2. The summed E-state index contributed by atoms with van der Waals surface area (Å²) in [5, 5.41) is 80.7. The Morgan fingerprint density at radius 3 is 1.31 bits per heavy atom. The Bertz CT molecular complexity index is 5570. The van der Waals surface area contributed by atoms with Crippen LogP contribution in [0.1, 0.15) is 148 Å². The van der Waals surface area contributed by atoms with Crippen LogP contribution in [0.4, 0.5) is 13.2 Å². The van der Waals surface area contributed by atoms with Crippen LogP contribution in [0.25, 0.3) is 55.9 Å². The first-order chi connectivity index (χ1) is 55.4. The summed E-state index contributed by atoms with van der Waals surface area (Å²) < 4.78 is 110. The topological polar surface area (TPSA) is 416 Å². The highest BCUT2D eigenvalue weighted by molar-refractivity contribution is 7.90. The second-order valence-corrected chi connectivity index (χ2v) is 36.4. The molecular weight excluding hydrogens is 1660 g/mol. The number of aliphatic hydroxyl groups excluding tert-OH is 8. The Balaban J connectivity index is 0.000000164. The summed E-state index contributed by atoms with van der Waals surface area (Å²) in [4.78, 5) is 40.4. The maximum Gasteiger partial charge on any atom is 0.497 e. The maximum atomic E-state index is 14.7. The minimum atomic E-state index is -4.02. The van der Waals surface area contributed by atoms with Gasteiger partial charge in [0, 0.05) is 76.0 Å². The number of nitrogens with two attached hydrogens (primary N) is 1. The number of rotatable bonds is 13. The smallest absolute Gasteiger partial charge is 0.399 e. The van der Waals surface area contributed by atoms with Crippen molar-refractivity contribution in [3.63, 3.8) is 0 Å². The maximum absolute atomic E-state index is 14.7. The Labute approximate surface area is 708 Å². The molecule has 0 amide bonds. The summed E-state index contributed by atoms with van der Waals surface area (Å²) in [5.74, 6) is -1.98. The van der Waals surface area contributed by atoms with Crippen molar-refractivity contribution in [2.24, 2.45) is 23.5 Å². The molecule has 0 radical (unpaired) electrons. The van der Waals surface area contributed by atoms with Crippen LogP contribution >= 0.6 is 46.4 Å². The molecule has 0 spiro atoms. The normalized spacial score (nSPS) is 23.5. The second-order valence-electron chi connectivity index (χ2n) is 31.2. The molecule has 5 fully saturated rings. The molecule has 1 aliphatic heterocycles. The summed E-state index contributed by atoms with van der Waals surface area (Å²) >= 11 is 24.0. The van der Waals surface area contributed by atoms with Crippen LogP contribution in [-0.4, -0.2) is 189 Å². The van der Waals surface area contributed by atoms with Gasteiger partial charge in [0.1, 0.15) is 5.65 Å². The number of aryl methyl sites for hydroxylation is 2. The molecule has 27 nitrogen and oxygen atoms in total. The van der Waals surface area contributed by atoms with E-state index < -0.39 is 105 Å². The van der Waals surface area contributed by atoms with Crippen LogP contribution in [0.15, 0.2) is 132 Å². The third-order valence-electron chi connectivity index (χ3n) is 22.3. The summed E-state index contributed by atoms with van der Waals surface area (Å²) in [6, 6.07) is 17.9. The average molecular weight is 1760 g/mol. The molecule has 2 aromatic carbocycles. The number of nitrogens with one attached hydrogen (secondary N) is 1. The summed E-state index contributed by atoms with van der Waals surface area (Å²) in [7, 11) is -8.62. The van der Waals surface area contributed by atoms with Crippen LogP contribution in [-0.2, 0) is 48.6 Å². The predicted octanol–water partition coefficient (Wildman–Crippen LogP) is 12.1. The number of aliphatic hydroxyl groups is 8. The molecule has 16 rings (SSSR count). The largest absolute Gasteiger partial charge is 0.497 e. The van der Waals surface area contributed by atoms with E-state index in [1.54, 1.807) is 60.8 Å². The first-order valence-electron chi connectivity index (χ1n) is 38.3. The highest BCUT2D eigenvalue weighted by Gasteiger charge is 2.53. The van der Waals surface area contributed by atoms with Gasteiger partial charge in [-0.25, -0.2) is 82.8 Å². The fourth-order valence-electron chi connectivity index (χ4n) is 14.9. The van der Waals surface area contributed by atoms with Crippen LogP contribution in [0.2, 0.25) is 20.4 Å². The Kier molecular flexibility index (Phi) is 30.8. The second kappa shape index (κ2) is 39.2. The molecule has 5 aliphatic rings. The van der Waals surface area contributed by atoms with Gasteiger partial charge in [0.15, 0.2) is 40.4 Å². The molecule has 119 heavy (non-hydrogen) atoms.